The summed E-state index contributed by atoms with van der Waals surface area (Å²) in [6.07, 6.45) is -4.60. The summed E-state index contributed by atoms with van der Waals surface area (Å²) in [6, 6.07) is 12.5. The van der Waals surface area contributed by atoms with Crippen molar-refractivity contribution in [3.63, 3.8) is 0 Å². The normalized spacial score (nSPS) is 11.3. The average molecular weight is 426 g/mol. The van der Waals surface area contributed by atoms with E-state index in [-0.39, 0.29) is 12.3 Å². The van der Waals surface area contributed by atoms with Gasteiger partial charge < -0.3 is 10.1 Å². The first-order valence-electron chi connectivity index (χ1n) is 8.17. The Bertz CT molecular complexity index is 1000. The van der Waals surface area contributed by atoms with E-state index < -0.39 is 22.7 Å². The molecule has 1 N–H and O–H groups in total. The maximum Gasteiger partial charge on any atom is 0.417 e. The number of hydrogen-bond acceptors (Lipinski definition) is 3. The number of nitrogens with one attached hydrogen (secondary N) is 1. The molecule has 0 fully saturated rings. The molecule has 3 nitrogen and oxygen atoms in total. The number of carbonyl (C=O) groups excluding carboxylic acids is 1. The van der Waals surface area contributed by atoms with E-state index in [4.69, 9.17) is 16.3 Å². The Balaban J connectivity index is 1.66. The van der Waals surface area contributed by atoms with Gasteiger partial charge in [0, 0.05) is 11.3 Å². The molecule has 8 heteroatoms. The monoisotopic (exact) mass is 425 g/mol. The first-order valence-corrected chi connectivity index (χ1v) is 9.43. The molecule has 0 aliphatic heterocycles. The van der Waals surface area contributed by atoms with Crippen LogP contribution >= 0.6 is 22.9 Å². The number of halogens is 4. The topological polar surface area (TPSA) is 38.3 Å². The maximum atomic E-state index is 12.9. The van der Waals surface area contributed by atoms with Gasteiger partial charge in [-0.3, -0.25) is 4.79 Å². The van der Waals surface area contributed by atoms with Crippen molar-refractivity contribution >= 4 is 34.5 Å². The van der Waals surface area contributed by atoms with Crippen LogP contribution in [0.3, 0.4) is 0 Å². The van der Waals surface area contributed by atoms with Gasteiger partial charge in [-0.15, -0.1) is 11.3 Å². The molecule has 3 aromatic rings. The zero-order chi connectivity index (χ0) is 20.3. The van der Waals surface area contributed by atoms with Gasteiger partial charge in [-0.1, -0.05) is 23.7 Å². The number of carbonyl (C=O) groups is 1. The largest absolute Gasteiger partial charge is 0.489 e. The Hall–Kier alpha value is -2.51. The van der Waals surface area contributed by atoms with E-state index in [0.717, 1.165) is 29.0 Å². The molecule has 0 radical (unpaired) electrons. The lowest BCUT2D eigenvalue weighted by Gasteiger charge is -2.11. The summed E-state index contributed by atoms with van der Waals surface area (Å²) >= 11 is 6.78. The number of ether oxygens (including phenoxy) is 1. The van der Waals surface area contributed by atoms with Gasteiger partial charge in [0.05, 0.1) is 15.5 Å². The zero-order valence-electron chi connectivity index (χ0n) is 14.6. The van der Waals surface area contributed by atoms with Crippen molar-refractivity contribution in [3.05, 3.63) is 80.5 Å². The summed E-state index contributed by atoms with van der Waals surface area (Å²) < 4.78 is 44.5. The smallest absolute Gasteiger partial charge is 0.417 e. The van der Waals surface area contributed by atoms with Crippen molar-refractivity contribution in [2.24, 2.45) is 0 Å². The zero-order valence-corrected chi connectivity index (χ0v) is 16.2. The van der Waals surface area contributed by atoms with Crippen LogP contribution in [-0.2, 0) is 12.8 Å². The highest BCUT2D eigenvalue weighted by molar-refractivity contribution is 7.12. The van der Waals surface area contributed by atoms with Crippen LogP contribution < -0.4 is 10.1 Å². The highest BCUT2D eigenvalue weighted by atomic mass is 35.5. The van der Waals surface area contributed by atoms with Gasteiger partial charge in [0.1, 0.15) is 12.4 Å². The van der Waals surface area contributed by atoms with Crippen molar-refractivity contribution < 1.29 is 22.7 Å². The standard InChI is InChI=1S/C20H15ClF3NO2S/c1-12-3-2-4-15(7-12)27-10-13-8-18(28-11-13)19(26)25-14-5-6-17(21)16(9-14)20(22,23)24/h2-9,11H,10H2,1H3,(H,25,26). The molecule has 3 rings (SSSR count). The third-order valence-electron chi connectivity index (χ3n) is 3.80. The van der Waals surface area contributed by atoms with E-state index in [9.17, 15) is 18.0 Å². The lowest BCUT2D eigenvalue weighted by molar-refractivity contribution is -0.137. The Kier molecular flexibility index (Phi) is 5.96. The molecule has 1 amide bonds. The fourth-order valence-corrected chi connectivity index (χ4v) is 3.47. The van der Waals surface area contributed by atoms with Gasteiger partial charge in [-0.05, 0) is 54.3 Å². The maximum absolute atomic E-state index is 12.9. The molecule has 0 aliphatic rings. The minimum atomic E-state index is -4.60. The number of rotatable bonds is 5. The number of thiophene rings is 1. The van der Waals surface area contributed by atoms with Gasteiger partial charge in [0.2, 0.25) is 0 Å². The van der Waals surface area contributed by atoms with E-state index in [2.05, 4.69) is 5.32 Å². The lowest BCUT2D eigenvalue weighted by atomic mass is 10.2. The molecule has 146 valence electrons. The van der Waals surface area contributed by atoms with E-state index in [1.807, 2.05) is 31.2 Å². The number of alkyl halides is 3. The Morgan fingerprint density at radius 2 is 1.96 bits per heavy atom. The fraction of sp³-hybridized carbons (Fsp3) is 0.150. The summed E-state index contributed by atoms with van der Waals surface area (Å²) in [5.74, 6) is 0.222. The molecule has 0 bridgehead atoms. The average Bonchev–Trinajstić information content (AvgIpc) is 3.10. The summed E-state index contributed by atoms with van der Waals surface area (Å²) in [4.78, 5) is 12.7. The quantitative estimate of drug-likeness (QED) is 0.502. The van der Waals surface area contributed by atoms with Gasteiger partial charge in [-0.2, -0.15) is 13.2 Å². The predicted molar refractivity (Wildman–Crippen MR) is 104 cm³/mol. The summed E-state index contributed by atoms with van der Waals surface area (Å²) in [7, 11) is 0. The minimum absolute atomic E-state index is 0.0210. The van der Waals surface area contributed by atoms with E-state index in [1.165, 1.54) is 17.4 Å². The van der Waals surface area contributed by atoms with Crippen LogP contribution in [0.2, 0.25) is 5.02 Å². The third-order valence-corrected chi connectivity index (χ3v) is 5.11. The number of aryl methyl sites for hydroxylation is 1. The van der Waals surface area contributed by atoms with Crippen LogP contribution in [-0.4, -0.2) is 5.91 Å². The van der Waals surface area contributed by atoms with Crippen molar-refractivity contribution in [1.29, 1.82) is 0 Å². The second-order valence-corrected chi connectivity index (χ2v) is 7.39. The van der Waals surface area contributed by atoms with E-state index >= 15 is 0 Å². The minimum Gasteiger partial charge on any atom is -0.489 e. The first-order chi connectivity index (χ1) is 13.2. The molecule has 0 spiro atoms. The molecular formula is C20H15ClF3NO2S. The van der Waals surface area contributed by atoms with Crippen LogP contribution in [0.25, 0.3) is 0 Å². The third kappa shape index (κ3) is 5.05. The molecular weight excluding hydrogens is 411 g/mol. The fourth-order valence-electron chi connectivity index (χ4n) is 2.46. The molecule has 2 aromatic carbocycles. The molecule has 0 unspecified atom stereocenters. The first kappa shape index (κ1) is 20.2. The van der Waals surface area contributed by atoms with Gasteiger partial charge in [0.25, 0.3) is 5.91 Å². The second-order valence-electron chi connectivity index (χ2n) is 6.07. The highest BCUT2D eigenvalue weighted by Crippen LogP contribution is 2.36. The van der Waals surface area contributed by atoms with E-state index in [0.29, 0.717) is 4.88 Å². The van der Waals surface area contributed by atoms with Gasteiger partial charge >= 0.3 is 6.18 Å². The Labute approximate surface area is 168 Å². The van der Waals surface area contributed by atoms with Crippen molar-refractivity contribution in [1.82, 2.24) is 0 Å². The summed E-state index contributed by atoms with van der Waals surface area (Å²) in [5.41, 5.74) is 0.894. The SMILES string of the molecule is Cc1cccc(OCc2csc(C(=O)Nc3ccc(Cl)c(C(F)(F)F)c3)c2)c1. The highest BCUT2D eigenvalue weighted by Gasteiger charge is 2.33. The van der Waals surface area contributed by atoms with Crippen LogP contribution in [0.15, 0.2) is 53.9 Å². The summed E-state index contributed by atoms with van der Waals surface area (Å²) in [6.45, 7) is 2.24. The molecule has 1 aromatic heterocycles. The van der Waals surface area contributed by atoms with Crippen LogP contribution in [0.5, 0.6) is 5.75 Å². The predicted octanol–water partition coefficient (Wildman–Crippen LogP) is 6.56. The Morgan fingerprint density at radius 3 is 2.68 bits per heavy atom. The van der Waals surface area contributed by atoms with Crippen LogP contribution in [0.1, 0.15) is 26.4 Å². The van der Waals surface area contributed by atoms with Gasteiger partial charge in [0.15, 0.2) is 0 Å². The lowest BCUT2D eigenvalue weighted by Crippen LogP contribution is -2.12. The van der Waals surface area contributed by atoms with E-state index in [1.54, 1.807) is 11.4 Å². The molecule has 0 saturated heterocycles. The second kappa shape index (κ2) is 8.24. The molecule has 0 atom stereocenters. The van der Waals surface area contributed by atoms with Crippen LogP contribution in [0.4, 0.5) is 18.9 Å². The molecule has 28 heavy (non-hydrogen) atoms. The summed E-state index contributed by atoms with van der Waals surface area (Å²) in [5, 5.41) is 3.82. The van der Waals surface area contributed by atoms with Crippen molar-refractivity contribution in [2.75, 3.05) is 5.32 Å². The van der Waals surface area contributed by atoms with Crippen molar-refractivity contribution in [3.8, 4) is 5.75 Å². The number of benzene rings is 2. The van der Waals surface area contributed by atoms with Crippen molar-refractivity contribution in [2.45, 2.75) is 19.7 Å². The molecule has 0 aliphatic carbocycles. The molecule has 1 heterocycles. The Morgan fingerprint density at radius 1 is 1.18 bits per heavy atom. The molecule has 0 saturated carbocycles. The number of hydrogen-bond donors (Lipinski definition) is 1. The van der Waals surface area contributed by atoms with Gasteiger partial charge in [-0.25, -0.2) is 0 Å². The van der Waals surface area contributed by atoms with Crippen LogP contribution in [0, 0.1) is 6.92 Å². The number of amides is 1. The number of anilines is 1.